The average Bonchev–Trinajstić information content (AvgIpc) is 2.46. The first-order valence-corrected chi connectivity index (χ1v) is 8.27. The number of rotatable bonds is 2. The van der Waals surface area contributed by atoms with Crippen molar-refractivity contribution in [3.05, 3.63) is 0 Å². The molecule has 2 rings (SSSR count). The first-order chi connectivity index (χ1) is 9.87. The molecule has 21 heavy (non-hydrogen) atoms. The largest absolute Gasteiger partial charge is 0.444 e. The topological polar surface area (TPSA) is 44.8 Å². The Morgan fingerprint density at radius 2 is 1.71 bits per heavy atom. The summed E-state index contributed by atoms with van der Waals surface area (Å²) >= 11 is 0. The van der Waals surface area contributed by atoms with E-state index in [4.69, 9.17) is 4.74 Å². The molecular weight excluding hydrogens is 266 g/mol. The highest BCUT2D eigenvalue weighted by Crippen LogP contribution is 2.22. The van der Waals surface area contributed by atoms with Gasteiger partial charge in [-0.1, -0.05) is 0 Å². The van der Waals surface area contributed by atoms with Crippen LogP contribution in [-0.4, -0.2) is 66.8 Å². The maximum absolute atomic E-state index is 12.1. The summed E-state index contributed by atoms with van der Waals surface area (Å²) in [6, 6.07) is 1.05. The standard InChI is InChI=1S/C16H31N3O2/c1-16(2,3)21-15(20)18(4)13-7-11-19(12-8-13)14-5-9-17-10-6-14/h13-14,17H,5-12H2,1-4H3. The predicted molar refractivity (Wildman–Crippen MR) is 84.5 cm³/mol. The summed E-state index contributed by atoms with van der Waals surface area (Å²) in [6.45, 7) is 10.2. The van der Waals surface area contributed by atoms with E-state index < -0.39 is 5.60 Å². The van der Waals surface area contributed by atoms with E-state index in [1.165, 1.54) is 12.8 Å². The highest BCUT2D eigenvalue weighted by Gasteiger charge is 2.31. The molecule has 0 bridgehead atoms. The Morgan fingerprint density at radius 1 is 1.14 bits per heavy atom. The van der Waals surface area contributed by atoms with Crippen LogP contribution in [0.25, 0.3) is 0 Å². The molecular formula is C16H31N3O2. The molecule has 2 heterocycles. The normalized spacial score (nSPS) is 23.0. The fourth-order valence-corrected chi connectivity index (χ4v) is 3.29. The Balaban J connectivity index is 1.78. The lowest BCUT2D eigenvalue weighted by Crippen LogP contribution is -2.51. The molecule has 0 spiro atoms. The van der Waals surface area contributed by atoms with Crippen molar-refractivity contribution in [3.63, 3.8) is 0 Å². The van der Waals surface area contributed by atoms with Gasteiger partial charge in [0.1, 0.15) is 5.60 Å². The Kier molecular flexibility index (Phi) is 5.49. The van der Waals surface area contributed by atoms with Gasteiger partial charge in [-0.15, -0.1) is 0 Å². The minimum Gasteiger partial charge on any atom is -0.444 e. The molecule has 0 aromatic carbocycles. The van der Waals surface area contributed by atoms with Crippen LogP contribution in [0.1, 0.15) is 46.5 Å². The Hall–Kier alpha value is -0.810. The Bertz CT molecular complexity index is 340. The van der Waals surface area contributed by atoms with E-state index in [-0.39, 0.29) is 6.09 Å². The van der Waals surface area contributed by atoms with Crippen molar-refractivity contribution in [2.45, 2.75) is 64.1 Å². The molecule has 2 saturated heterocycles. The fourth-order valence-electron chi connectivity index (χ4n) is 3.29. The summed E-state index contributed by atoms with van der Waals surface area (Å²) in [7, 11) is 1.87. The van der Waals surface area contributed by atoms with Crippen molar-refractivity contribution < 1.29 is 9.53 Å². The summed E-state index contributed by atoms with van der Waals surface area (Å²) in [5, 5.41) is 3.42. The van der Waals surface area contributed by atoms with Gasteiger partial charge in [0.25, 0.3) is 0 Å². The lowest BCUT2D eigenvalue weighted by molar-refractivity contribution is 0.0120. The number of hydrogen-bond donors (Lipinski definition) is 1. The van der Waals surface area contributed by atoms with E-state index in [0.717, 1.165) is 45.1 Å². The molecule has 122 valence electrons. The van der Waals surface area contributed by atoms with Crippen molar-refractivity contribution in [1.82, 2.24) is 15.1 Å². The van der Waals surface area contributed by atoms with Gasteiger partial charge in [-0.05, 0) is 59.5 Å². The number of hydrogen-bond acceptors (Lipinski definition) is 4. The molecule has 0 aromatic rings. The highest BCUT2D eigenvalue weighted by atomic mass is 16.6. The smallest absolute Gasteiger partial charge is 0.410 e. The van der Waals surface area contributed by atoms with E-state index >= 15 is 0 Å². The number of nitrogens with zero attached hydrogens (tertiary/aromatic N) is 2. The van der Waals surface area contributed by atoms with Crippen LogP contribution in [0, 0.1) is 0 Å². The van der Waals surface area contributed by atoms with E-state index in [0.29, 0.717) is 6.04 Å². The number of carbonyl (C=O) groups is 1. The van der Waals surface area contributed by atoms with E-state index in [1.54, 1.807) is 4.90 Å². The van der Waals surface area contributed by atoms with Gasteiger partial charge in [0.15, 0.2) is 0 Å². The number of amides is 1. The van der Waals surface area contributed by atoms with Crippen LogP contribution in [0.2, 0.25) is 0 Å². The van der Waals surface area contributed by atoms with Crippen molar-refractivity contribution in [1.29, 1.82) is 0 Å². The number of likely N-dealkylation sites (tertiary alicyclic amines) is 1. The third-order valence-corrected chi connectivity index (χ3v) is 4.55. The van der Waals surface area contributed by atoms with Crippen LogP contribution in [0.3, 0.4) is 0 Å². The second-order valence-corrected chi connectivity index (χ2v) is 7.34. The minimum absolute atomic E-state index is 0.192. The van der Waals surface area contributed by atoms with Gasteiger partial charge in [-0.3, -0.25) is 0 Å². The summed E-state index contributed by atoms with van der Waals surface area (Å²) in [5.41, 5.74) is -0.416. The zero-order chi connectivity index (χ0) is 15.5. The van der Waals surface area contributed by atoms with Crippen LogP contribution in [0.4, 0.5) is 4.79 Å². The molecule has 5 heteroatoms. The van der Waals surface area contributed by atoms with Gasteiger partial charge >= 0.3 is 6.09 Å². The minimum atomic E-state index is -0.416. The molecule has 1 N–H and O–H groups in total. The lowest BCUT2D eigenvalue weighted by Gasteiger charge is -2.41. The van der Waals surface area contributed by atoms with Gasteiger partial charge in [0.05, 0.1) is 0 Å². The van der Waals surface area contributed by atoms with Crippen LogP contribution >= 0.6 is 0 Å². The molecule has 1 amide bonds. The highest BCUT2D eigenvalue weighted by molar-refractivity contribution is 5.68. The van der Waals surface area contributed by atoms with Gasteiger partial charge in [0, 0.05) is 32.2 Å². The third-order valence-electron chi connectivity index (χ3n) is 4.55. The maximum Gasteiger partial charge on any atom is 0.410 e. The molecule has 5 nitrogen and oxygen atoms in total. The average molecular weight is 297 g/mol. The van der Waals surface area contributed by atoms with Gasteiger partial charge < -0.3 is 19.9 Å². The summed E-state index contributed by atoms with van der Waals surface area (Å²) in [6.07, 6.45) is 4.43. The van der Waals surface area contributed by atoms with Crippen molar-refractivity contribution in [2.75, 3.05) is 33.2 Å². The Labute approximate surface area is 129 Å². The van der Waals surface area contributed by atoms with E-state index in [1.807, 2.05) is 27.8 Å². The molecule has 2 fully saturated rings. The summed E-state index contributed by atoms with van der Waals surface area (Å²) < 4.78 is 5.46. The second-order valence-electron chi connectivity index (χ2n) is 7.34. The van der Waals surface area contributed by atoms with Crippen molar-refractivity contribution in [2.24, 2.45) is 0 Å². The first kappa shape index (κ1) is 16.6. The fraction of sp³-hybridized carbons (Fsp3) is 0.938. The molecule has 2 aliphatic rings. The number of ether oxygens (including phenoxy) is 1. The number of nitrogens with one attached hydrogen (secondary N) is 1. The lowest BCUT2D eigenvalue weighted by atomic mass is 9.98. The van der Waals surface area contributed by atoms with Crippen LogP contribution in [-0.2, 0) is 4.74 Å². The molecule has 2 aliphatic heterocycles. The zero-order valence-electron chi connectivity index (χ0n) is 14.0. The SMILES string of the molecule is CN(C(=O)OC(C)(C)C)C1CCN(C2CCNCC2)CC1. The van der Waals surface area contributed by atoms with Crippen LogP contribution in [0.5, 0.6) is 0 Å². The van der Waals surface area contributed by atoms with Gasteiger partial charge in [0.2, 0.25) is 0 Å². The van der Waals surface area contributed by atoms with Crippen LogP contribution < -0.4 is 5.32 Å². The zero-order valence-corrected chi connectivity index (χ0v) is 14.0. The molecule has 0 aliphatic carbocycles. The number of piperidine rings is 2. The van der Waals surface area contributed by atoms with Crippen LogP contribution in [0.15, 0.2) is 0 Å². The van der Waals surface area contributed by atoms with Crippen molar-refractivity contribution >= 4 is 6.09 Å². The van der Waals surface area contributed by atoms with Gasteiger partial charge in [-0.2, -0.15) is 0 Å². The summed E-state index contributed by atoms with van der Waals surface area (Å²) in [5.74, 6) is 0. The molecule has 0 atom stereocenters. The third kappa shape index (κ3) is 4.85. The molecule has 0 saturated carbocycles. The molecule has 0 aromatic heterocycles. The molecule has 0 unspecified atom stereocenters. The maximum atomic E-state index is 12.1. The predicted octanol–water partition coefficient (Wildman–Crippen LogP) is 2.07. The quantitative estimate of drug-likeness (QED) is 0.847. The summed E-state index contributed by atoms with van der Waals surface area (Å²) in [4.78, 5) is 16.5. The molecule has 0 radical (unpaired) electrons. The monoisotopic (exact) mass is 297 g/mol. The van der Waals surface area contributed by atoms with Crippen molar-refractivity contribution in [3.8, 4) is 0 Å². The van der Waals surface area contributed by atoms with E-state index in [2.05, 4.69) is 10.2 Å². The van der Waals surface area contributed by atoms with E-state index in [9.17, 15) is 4.79 Å². The first-order valence-electron chi connectivity index (χ1n) is 8.27. The Morgan fingerprint density at radius 3 is 2.24 bits per heavy atom. The number of carbonyl (C=O) groups excluding carboxylic acids is 1. The second kappa shape index (κ2) is 6.97. The van der Waals surface area contributed by atoms with Gasteiger partial charge in [-0.25, -0.2) is 4.79 Å².